The summed E-state index contributed by atoms with van der Waals surface area (Å²) in [5.41, 5.74) is 0. The zero-order valence-corrected chi connectivity index (χ0v) is 10.4. The summed E-state index contributed by atoms with van der Waals surface area (Å²) < 4.78 is 0. The van der Waals surface area contributed by atoms with E-state index in [0.29, 0.717) is 0 Å². The number of hydrogen-bond acceptors (Lipinski definition) is 1. The van der Waals surface area contributed by atoms with Gasteiger partial charge in [0.05, 0.1) is 0 Å². The van der Waals surface area contributed by atoms with Crippen molar-refractivity contribution in [2.75, 3.05) is 13.1 Å². The summed E-state index contributed by atoms with van der Waals surface area (Å²) >= 11 is 0. The van der Waals surface area contributed by atoms with Crippen molar-refractivity contribution in [1.29, 1.82) is 0 Å². The molecule has 0 bridgehead atoms. The third kappa shape index (κ3) is 5.61. The summed E-state index contributed by atoms with van der Waals surface area (Å²) in [5, 5.41) is 4.75. The molecule has 0 spiro atoms. The van der Waals surface area contributed by atoms with E-state index in [2.05, 4.69) is 29.6 Å². The van der Waals surface area contributed by atoms with E-state index in [1.54, 1.807) is 0 Å². The highest BCUT2D eigenvalue weighted by atomic mass is 28.1. The predicted molar refractivity (Wildman–Crippen MR) is 62.7 cm³/mol. The molecule has 0 aliphatic carbocycles. The van der Waals surface area contributed by atoms with Crippen molar-refractivity contribution >= 4 is 15.4 Å². The molecule has 1 fully saturated rings. The van der Waals surface area contributed by atoms with Gasteiger partial charge < -0.3 is 5.32 Å². The number of rotatable bonds is 0. The number of benzene rings is 1. The van der Waals surface area contributed by atoms with Crippen LogP contribution in [0.2, 0.25) is 0 Å². The van der Waals surface area contributed by atoms with Crippen LogP contribution in [-0.2, 0) is 0 Å². The second-order valence-electron chi connectivity index (χ2n) is 3.47. The van der Waals surface area contributed by atoms with Gasteiger partial charge in [0.2, 0.25) is 0 Å². The van der Waals surface area contributed by atoms with Gasteiger partial charge in [-0.1, -0.05) is 41.9 Å². The fraction of sp³-hybridized carbons (Fsp3) is 0.455. The maximum atomic E-state index is 3.28. The molecule has 0 amide bonds. The van der Waals surface area contributed by atoms with Crippen LogP contribution in [0, 0.1) is 0 Å². The Hall–Kier alpha value is -0.603. The van der Waals surface area contributed by atoms with Gasteiger partial charge >= 0.3 is 0 Å². The molecule has 1 aromatic rings. The van der Waals surface area contributed by atoms with Crippen LogP contribution in [-0.4, -0.2) is 23.3 Å². The molecule has 0 unspecified atom stereocenters. The normalized spacial score (nSPS) is 16.0. The van der Waals surface area contributed by atoms with Gasteiger partial charge in [-0.25, -0.2) is 0 Å². The van der Waals surface area contributed by atoms with Gasteiger partial charge in [-0.2, -0.15) is 0 Å². The van der Waals surface area contributed by atoms with Crippen LogP contribution in [0.3, 0.4) is 0 Å². The predicted octanol–water partition coefficient (Wildman–Crippen LogP) is 0.437. The Labute approximate surface area is 84.0 Å². The lowest BCUT2D eigenvalue weighted by Crippen LogP contribution is -2.21. The second kappa shape index (κ2) is 6.86. The third-order valence-corrected chi connectivity index (χ3v) is 2.81. The van der Waals surface area contributed by atoms with Crippen LogP contribution in [0.15, 0.2) is 30.3 Å². The molecule has 1 saturated heterocycles. The smallest absolute Gasteiger partial charge is 0.0384 e. The minimum absolute atomic E-state index is 1.17. The number of hydrogen-bond donors (Lipinski definition) is 1. The first-order valence-electron chi connectivity index (χ1n) is 5.12. The maximum Gasteiger partial charge on any atom is 0.0384 e. The molecule has 0 aromatic heterocycles. The fourth-order valence-electron chi connectivity index (χ4n) is 1.34. The lowest BCUT2D eigenvalue weighted by Gasteiger charge is -2.08. The van der Waals surface area contributed by atoms with Crippen LogP contribution >= 0.6 is 0 Å². The van der Waals surface area contributed by atoms with Crippen molar-refractivity contribution in [2.24, 2.45) is 0 Å². The van der Waals surface area contributed by atoms with Gasteiger partial charge in [0.15, 0.2) is 0 Å². The van der Waals surface area contributed by atoms with Gasteiger partial charge in [-0.05, 0) is 25.9 Å². The Morgan fingerprint density at radius 3 is 1.77 bits per heavy atom. The molecule has 0 saturated carbocycles. The molecule has 0 atom stereocenters. The molecule has 2 rings (SSSR count). The SMILES string of the molecule is C1CCNCC1.[SiH3]c1ccccc1. The average molecular weight is 193 g/mol. The van der Waals surface area contributed by atoms with Crippen LogP contribution < -0.4 is 10.5 Å². The summed E-state index contributed by atoms with van der Waals surface area (Å²) in [4.78, 5) is 0. The summed E-state index contributed by atoms with van der Waals surface area (Å²) in [5.74, 6) is 0. The number of piperidine rings is 1. The van der Waals surface area contributed by atoms with Gasteiger partial charge in [0, 0.05) is 10.2 Å². The minimum Gasteiger partial charge on any atom is -0.317 e. The molecule has 1 heterocycles. The molecule has 13 heavy (non-hydrogen) atoms. The van der Waals surface area contributed by atoms with E-state index in [0.717, 1.165) is 0 Å². The first-order chi connectivity index (χ1) is 6.39. The largest absolute Gasteiger partial charge is 0.317 e. The van der Waals surface area contributed by atoms with E-state index in [4.69, 9.17) is 0 Å². The van der Waals surface area contributed by atoms with Crippen LogP contribution in [0.1, 0.15) is 19.3 Å². The Morgan fingerprint density at radius 2 is 1.54 bits per heavy atom. The van der Waals surface area contributed by atoms with Crippen molar-refractivity contribution in [3.05, 3.63) is 30.3 Å². The van der Waals surface area contributed by atoms with Gasteiger partial charge in [-0.3, -0.25) is 0 Å². The lowest BCUT2D eigenvalue weighted by molar-refractivity contribution is 0.520. The summed E-state index contributed by atoms with van der Waals surface area (Å²) in [6, 6.07) is 10.5. The Bertz CT molecular complexity index is 195. The van der Waals surface area contributed by atoms with Gasteiger partial charge in [0.25, 0.3) is 0 Å². The molecule has 1 aromatic carbocycles. The van der Waals surface area contributed by atoms with E-state index in [9.17, 15) is 0 Å². The monoisotopic (exact) mass is 193 g/mol. The maximum absolute atomic E-state index is 3.28. The van der Waals surface area contributed by atoms with Crippen molar-refractivity contribution in [2.45, 2.75) is 19.3 Å². The zero-order chi connectivity index (χ0) is 9.36. The highest BCUT2D eigenvalue weighted by molar-refractivity contribution is 6.32. The van der Waals surface area contributed by atoms with Crippen molar-refractivity contribution in [1.82, 2.24) is 5.32 Å². The van der Waals surface area contributed by atoms with Crippen LogP contribution in [0.4, 0.5) is 0 Å². The molecular formula is C11H19NSi. The first-order valence-corrected chi connectivity index (χ1v) is 6.12. The van der Waals surface area contributed by atoms with E-state index < -0.39 is 0 Å². The molecule has 72 valence electrons. The Kier molecular flexibility index (Phi) is 5.53. The number of nitrogens with one attached hydrogen (secondary N) is 1. The topological polar surface area (TPSA) is 12.0 Å². The molecule has 1 aliphatic heterocycles. The highest BCUT2D eigenvalue weighted by Gasteiger charge is 1.93. The van der Waals surface area contributed by atoms with Crippen LogP contribution in [0.5, 0.6) is 0 Å². The Morgan fingerprint density at radius 1 is 0.923 bits per heavy atom. The van der Waals surface area contributed by atoms with E-state index in [1.807, 2.05) is 6.07 Å². The van der Waals surface area contributed by atoms with Gasteiger partial charge in [0.1, 0.15) is 0 Å². The highest BCUT2D eigenvalue weighted by Crippen LogP contribution is 1.96. The molecule has 1 aliphatic rings. The standard InChI is InChI=1S/C6H8Si.C5H11N/c7-6-4-2-1-3-5-6;1-2-4-6-5-3-1/h1-5H,7H3;6H,1-5H2. The molecule has 0 radical (unpaired) electrons. The van der Waals surface area contributed by atoms with Crippen molar-refractivity contribution in [3.63, 3.8) is 0 Å². The Balaban J connectivity index is 0.000000132. The lowest BCUT2D eigenvalue weighted by atomic mass is 10.2. The molecule has 1 nitrogen and oxygen atoms in total. The van der Waals surface area contributed by atoms with Crippen molar-refractivity contribution < 1.29 is 0 Å². The first kappa shape index (κ1) is 10.5. The molecule has 2 heteroatoms. The summed E-state index contributed by atoms with van der Waals surface area (Å²) in [7, 11) is 1.17. The van der Waals surface area contributed by atoms with Crippen molar-refractivity contribution in [3.8, 4) is 0 Å². The van der Waals surface area contributed by atoms with E-state index in [-0.39, 0.29) is 0 Å². The third-order valence-electron chi connectivity index (χ3n) is 2.15. The summed E-state index contributed by atoms with van der Waals surface area (Å²) in [6.45, 7) is 2.50. The minimum atomic E-state index is 1.17. The second-order valence-corrected chi connectivity index (χ2v) is 4.62. The summed E-state index contributed by atoms with van der Waals surface area (Å²) in [6.07, 6.45) is 4.22. The fourth-order valence-corrected chi connectivity index (χ4v) is 1.72. The zero-order valence-electron chi connectivity index (χ0n) is 8.42. The van der Waals surface area contributed by atoms with Crippen LogP contribution in [0.25, 0.3) is 0 Å². The van der Waals surface area contributed by atoms with E-state index >= 15 is 0 Å². The molecule has 1 N–H and O–H groups in total. The quantitative estimate of drug-likeness (QED) is 0.590. The van der Waals surface area contributed by atoms with Gasteiger partial charge in [-0.15, -0.1) is 0 Å². The van der Waals surface area contributed by atoms with E-state index in [1.165, 1.54) is 47.8 Å². The average Bonchev–Trinajstić information content (AvgIpc) is 2.22. The molecular weight excluding hydrogens is 174 g/mol.